The van der Waals surface area contributed by atoms with Crippen LogP contribution in [0.2, 0.25) is 0 Å². The summed E-state index contributed by atoms with van der Waals surface area (Å²) in [5, 5.41) is 2.78. The lowest BCUT2D eigenvalue weighted by atomic mass is 10.1. The summed E-state index contributed by atoms with van der Waals surface area (Å²) in [7, 11) is -3.55. The van der Waals surface area contributed by atoms with Crippen LogP contribution in [-0.2, 0) is 14.8 Å². The first kappa shape index (κ1) is 21.3. The van der Waals surface area contributed by atoms with Crippen LogP contribution in [0.1, 0.15) is 36.0 Å². The number of aryl methyl sites for hydroxylation is 2. The SMILES string of the molecule is Cc1ccc(S(=O)(=O)N2CCCCC2)cc1NC(=O)COc1cccc(C)c1C. The highest BCUT2D eigenvalue weighted by atomic mass is 32.2. The van der Waals surface area contributed by atoms with Crippen molar-refractivity contribution in [3.8, 4) is 5.75 Å². The second-order valence-electron chi connectivity index (χ2n) is 7.48. The lowest BCUT2D eigenvalue weighted by Crippen LogP contribution is -2.35. The van der Waals surface area contributed by atoms with Crippen LogP contribution in [0, 0.1) is 20.8 Å². The molecule has 0 saturated carbocycles. The Labute approximate surface area is 172 Å². The number of ether oxygens (including phenoxy) is 1. The predicted octanol–water partition coefficient (Wildman–Crippen LogP) is 3.80. The summed E-state index contributed by atoms with van der Waals surface area (Å²) in [6.07, 6.45) is 2.82. The third-order valence-electron chi connectivity index (χ3n) is 5.35. The van der Waals surface area contributed by atoms with Gasteiger partial charge in [-0.1, -0.05) is 24.6 Å². The minimum absolute atomic E-state index is 0.146. The van der Waals surface area contributed by atoms with E-state index in [0.29, 0.717) is 24.5 Å². The predicted molar refractivity (Wildman–Crippen MR) is 114 cm³/mol. The van der Waals surface area contributed by atoms with Gasteiger partial charge in [-0.25, -0.2) is 8.42 Å². The Kier molecular flexibility index (Phi) is 6.59. The molecule has 0 atom stereocenters. The Balaban J connectivity index is 1.71. The molecule has 1 heterocycles. The van der Waals surface area contributed by atoms with E-state index in [9.17, 15) is 13.2 Å². The number of carbonyl (C=O) groups is 1. The van der Waals surface area contributed by atoms with Crippen molar-refractivity contribution in [3.05, 3.63) is 53.1 Å². The zero-order valence-electron chi connectivity index (χ0n) is 17.2. The molecule has 2 aromatic carbocycles. The van der Waals surface area contributed by atoms with Crippen LogP contribution < -0.4 is 10.1 Å². The van der Waals surface area contributed by atoms with E-state index in [0.717, 1.165) is 36.0 Å². The molecule has 156 valence electrons. The van der Waals surface area contributed by atoms with Gasteiger partial charge in [-0.15, -0.1) is 0 Å². The zero-order chi connectivity index (χ0) is 21.0. The largest absolute Gasteiger partial charge is 0.483 e. The van der Waals surface area contributed by atoms with E-state index in [-0.39, 0.29) is 17.4 Å². The van der Waals surface area contributed by atoms with Gasteiger partial charge < -0.3 is 10.1 Å². The van der Waals surface area contributed by atoms with Gasteiger partial charge >= 0.3 is 0 Å². The van der Waals surface area contributed by atoms with Crippen LogP contribution in [0.5, 0.6) is 5.75 Å². The van der Waals surface area contributed by atoms with Crippen LogP contribution in [0.15, 0.2) is 41.3 Å². The molecule has 1 aliphatic rings. The lowest BCUT2D eigenvalue weighted by molar-refractivity contribution is -0.118. The van der Waals surface area contributed by atoms with Gasteiger partial charge in [0, 0.05) is 18.8 Å². The van der Waals surface area contributed by atoms with Crippen molar-refractivity contribution in [1.82, 2.24) is 4.31 Å². The van der Waals surface area contributed by atoms with Crippen molar-refractivity contribution in [2.24, 2.45) is 0 Å². The molecule has 1 fully saturated rings. The number of nitrogens with one attached hydrogen (secondary N) is 1. The van der Waals surface area contributed by atoms with Crippen LogP contribution in [0.4, 0.5) is 5.69 Å². The van der Waals surface area contributed by atoms with Crippen LogP contribution in [0.25, 0.3) is 0 Å². The van der Waals surface area contributed by atoms with Gasteiger partial charge in [0.05, 0.1) is 4.90 Å². The zero-order valence-corrected chi connectivity index (χ0v) is 18.0. The minimum Gasteiger partial charge on any atom is -0.483 e. The fraction of sp³-hybridized carbons (Fsp3) is 0.409. The van der Waals surface area contributed by atoms with Crippen molar-refractivity contribution >= 4 is 21.6 Å². The molecular weight excluding hydrogens is 388 g/mol. The average Bonchev–Trinajstić information content (AvgIpc) is 2.71. The number of sulfonamides is 1. The van der Waals surface area contributed by atoms with E-state index in [1.807, 2.05) is 39.0 Å². The fourth-order valence-electron chi connectivity index (χ4n) is 3.36. The second-order valence-corrected chi connectivity index (χ2v) is 9.41. The minimum atomic E-state index is -3.55. The number of piperidine rings is 1. The second kappa shape index (κ2) is 8.97. The molecule has 2 aromatic rings. The van der Waals surface area contributed by atoms with Crippen molar-refractivity contribution in [2.75, 3.05) is 25.0 Å². The average molecular weight is 417 g/mol. The number of hydrogen-bond donors (Lipinski definition) is 1. The lowest BCUT2D eigenvalue weighted by Gasteiger charge is -2.26. The first-order valence-electron chi connectivity index (χ1n) is 9.89. The highest BCUT2D eigenvalue weighted by molar-refractivity contribution is 7.89. The van der Waals surface area contributed by atoms with Crippen LogP contribution in [-0.4, -0.2) is 38.3 Å². The van der Waals surface area contributed by atoms with Gasteiger partial charge in [0.15, 0.2) is 6.61 Å². The van der Waals surface area contributed by atoms with E-state index >= 15 is 0 Å². The van der Waals surface area contributed by atoms with Crippen molar-refractivity contribution in [3.63, 3.8) is 0 Å². The Morgan fingerprint density at radius 2 is 1.76 bits per heavy atom. The highest BCUT2D eigenvalue weighted by Gasteiger charge is 2.26. The summed E-state index contributed by atoms with van der Waals surface area (Å²) in [4.78, 5) is 12.6. The maximum atomic E-state index is 12.9. The number of rotatable bonds is 6. The van der Waals surface area contributed by atoms with Crippen molar-refractivity contribution in [2.45, 2.75) is 44.9 Å². The first-order valence-corrected chi connectivity index (χ1v) is 11.3. The third kappa shape index (κ3) is 4.97. The van der Waals surface area contributed by atoms with E-state index < -0.39 is 10.0 Å². The molecular formula is C22H28N2O4S. The first-order chi connectivity index (χ1) is 13.8. The normalized spacial score (nSPS) is 15.1. The standard InChI is InChI=1S/C22H28N2O4S/c1-16-8-7-9-21(18(16)3)28-15-22(25)23-20-14-19(11-10-17(20)2)29(26,27)24-12-5-4-6-13-24/h7-11,14H,4-6,12-13,15H2,1-3H3,(H,23,25). The number of benzene rings is 2. The molecule has 3 rings (SSSR count). The number of anilines is 1. The Morgan fingerprint density at radius 3 is 2.48 bits per heavy atom. The number of hydrogen-bond acceptors (Lipinski definition) is 4. The van der Waals surface area contributed by atoms with Gasteiger partial charge in [0.2, 0.25) is 10.0 Å². The summed E-state index contributed by atoms with van der Waals surface area (Å²) in [6, 6.07) is 10.6. The highest BCUT2D eigenvalue weighted by Crippen LogP contribution is 2.25. The molecule has 7 heteroatoms. The van der Waals surface area contributed by atoms with Crippen LogP contribution in [0.3, 0.4) is 0 Å². The molecule has 0 spiro atoms. The van der Waals surface area contributed by atoms with Crippen molar-refractivity contribution < 1.29 is 17.9 Å². The summed E-state index contributed by atoms with van der Waals surface area (Å²) >= 11 is 0. The third-order valence-corrected chi connectivity index (χ3v) is 7.24. The van der Waals surface area contributed by atoms with E-state index in [1.165, 1.54) is 10.4 Å². The van der Waals surface area contributed by atoms with E-state index in [4.69, 9.17) is 4.74 Å². The molecule has 1 saturated heterocycles. The van der Waals surface area contributed by atoms with Gasteiger partial charge in [-0.2, -0.15) is 4.31 Å². The summed E-state index contributed by atoms with van der Waals surface area (Å²) in [5.41, 5.74) is 3.36. The Hall–Kier alpha value is -2.38. The van der Waals surface area contributed by atoms with E-state index in [2.05, 4.69) is 5.32 Å². The van der Waals surface area contributed by atoms with E-state index in [1.54, 1.807) is 12.1 Å². The number of carbonyl (C=O) groups excluding carboxylic acids is 1. The maximum Gasteiger partial charge on any atom is 0.262 e. The molecule has 0 unspecified atom stereocenters. The van der Waals surface area contributed by atoms with Gasteiger partial charge in [0.25, 0.3) is 5.91 Å². The monoisotopic (exact) mass is 416 g/mol. The molecule has 1 amide bonds. The smallest absolute Gasteiger partial charge is 0.262 e. The molecule has 0 aromatic heterocycles. The molecule has 0 radical (unpaired) electrons. The topological polar surface area (TPSA) is 75.7 Å². The van der Waals surface area contributed by atoms with Gasteiger partial charge in [-0.3, -0.25) is 4.79 Å². The Bertz CT molecular complexity index is 996. The van der Waals surface area contributed by atoms with Gasteiger partial charge in [-0.05, 0) is 68.5 Å². The number of nitrogens with zero attached hydrogens (tertiary/aromatic N) is 1. The molecule has 0 bridgehead atoms. The molecule has 1 N–H and O–H groups in total. The molecule has 1 aliphatic heterocycles. The molecule has 29 heavy (non-hydrogen) atoms. The molecule has 0 aliphatic carbocycles. The maximum absolute atomic E-state index is 12.9. The summed E-state index contributed by atoms with van der Waals surface area (Å²) < 4.78 is 33.0. The quantitative estimate of drug-likeness (QED) is 0.777. The Morgan fingerprint density at radius 1 is 1.03 bits per heavy atom. The number of amides is 1. The summed E-state index contributed by atoms with van der Waals surface area (Å²) in [6.45, 7) is 6.70. The summed E-state index contributed by atoms with van der Waals surface area (Å²) in [5.74, 6) is 0.333. The van der Waals surface area contributed by atoms with Crippen LogP contribution >= 0.6 is 0 Å². The van der Waals surface area contributed by atoms with Gasteiger partial charge in [0.1, 0.15) is 5.75 Å². The fourth-order valence-corrected chi connectivity index (χ4v) is 4.90. The molecule has 6 nitrogen and oxygen atoms in total. The van der Waals surface area contributed by atoms with Crippen molar-refractivity contribution in [1.29, 1.82) is 0 Å².